The lowest BCUT2D eigenvalue weighted by Crippen LogP contribution is -2.15. The molecule has 0 aliphatic rings. The van der Waals surface area contributed by atoms with Crippen molar-refractivity contribution in [2.24, 2.45) is 5.92 Å². The van der Waals surface area contributed by atoms with Gasteiger partial charge >= 0.3 is 0 Å². The predicted molar refractivity (Wildman–Crippen MR) is 49.5 cm³/mol. The largest absolute Gasteiger partial charge is 0.393 e. The average Bonchev–Trinajstić information content (AvgIpc) is 1.97. The normalized spacial score (nSPS) is 15.9. The standard InChI is InChI=1S/C10H20O/c1-4-6-7-8-10(5-2)9(3)11/h4,9-11H,1,5-8H2,2-3H3. The Morgan fingerprint density at radius 2 is 2.18 bits per heavy atom. The topological polar surface area (TPSA) is 20.2 Å². The van der Waals surface area contributed by atoms with Gasteiger partial charge in [-0.3, -0.25) is 0 Å². The van der Waals surface area contributed by atoms with Gasteiger partial charge in [-0.1, -0.05) is 19.4 Å². The van der Waals surface area contributed by atoms with Gasteiger partial charge in [0.2, 0.25) is 0 Å². The molecule has 2 unspecified atom stereocenters. The molecule has 66 valence electrons. The second-order valence-electron chi connectivity index (χ2n) is 3.13. The van der Waals surface area contributed by atoms with Gasteiger partial charge in [-0.25, -0.2) is 0 Å². The summed E-state index contributed by atoms with van der Waals surface area (Å²) in [7, 11) is 0. The molecule has 0 heterocycles. The van der Waals surface area contributed by atoms with Crippen molar-refractivity contribution >= 4 is 0 Å². The molecule has 0 aromatic carbocycles. The lowest BCUT2D eigenvalue weighted by atomic mass is 9.94. The van der Waals surface area contributed by atoms with Gasteiger partial charge in [0.15, 0.2) is 0 Å². The van der Waals surface area contributed by atoms with E-state index < -0.39 is 0 Å². The Labute approximate surface area is 70.1 Å². The third-order valence-corrected chi connectivity index (χ3v) is 2.19. The number of aliphatic hydroxyl groups excluding tert-OH is 1. The Hall–Kier alpha value is -0.300. The highest BCUT2D eigenvalue weighted by Gasteiger charge is 2.10. The van der Waals surface area contributed by atoms with Gasteiger partial charge in [0.05, 0.1) is 6.10 Å². The zero-order chi connectivity index (χ0) is 8.69. The van der Waals surface area contributed by atoms with Crippen molar-refractivity contribution in [2.75, 3.05) is 0 Å². The van der Waals surface area contributed by atoms with Crippen LogP contribution in [0, 0.1) is 5.92 Å². The summed E-state index contributed by atoms with van der Waals surface area (Å²) in [5.41, 5.74) is 0. The molecule has 0 amide bonds. The van der Waals surface area contributed by atoms with Crippen LogP contribution in [0.3, 0.4) is 0 Å². The molecule has 0 aromatic rings. The molecular formula is C10H20O. The molecular weight excluding hydrogens is 136 g/mol. The third kappa shape index (κ3) is 5.02. The Balaban J connectivity index is 3.43. The molecule has 0 radical (unpaired) electrons. The van der Waals surface area contributed by atoms with E-state index in [1.807, 2.05) is 13.0 Å². The fraction of sp³-hybridized carbons (Fsp3) is 0.800. The maximum atomic E-state index is 9.29. The van der Waals surface area contributed by atoms with Gasteiger partial charge in [0, 0.05) is 0 Å². The molecule has 2 atom stereocenters. The van der Waals surface area contributed by atoms with Gasteiger partial charge in [0.1, 0.15) is 0 Å². The van der Waals surface area contributed by atoms with E-state index in [1.165, 1.54) is 0 Å². The monoisotopic (exact) mass is 156 g/mol. The van der Waals surface area contributed by atoms with E-state index >= 15 is 0 Å². The molecule has 0 aliphatic heterocycles. The van der Waals surface area contributed by atoms with Crippen LogP contribution in [0.2, 0.25) is 0 Å². The molecule has 0 bridgehead atoms. The minimum absolute atomic E-state index is 0.148. The summed E-state index contributed by atoms with van der Waals surface area (Å²) in [4.78, 5) is 0. The maximum Gasteiger partial charge on any atom is 0.0540 e. The van der Waals surface area contributed by atoms with Crippen molar-refractivity contribution in [3.8, 4) is 0 Å². The SMILES string of the molecule is C=CCCCC(CC)C(C)O. The molecule has 11 heavy (non-hydrogen) atoms. The summed E-state index contributed by atoms with van der Waals surface area (Å²) in [6.45, 7) is 7.67. The number of unbranched alkanes of at least 4 members (excludes halogenated alkanes) is 1. The first kappa shape index (κ1) is 10.7. The summed E-state index contributed by atoms with van der Waals surface area (Å²) in [5, 5.41) is 9.29. The van der Waals surface area contributed by atoms with E-state index in [9.17, 15) is 5.11 Å². The highest BCUT2D eigenvalue weighted by atomic mass is 16.3. The summed E-state index contributed by atoms with van der Waals surface area (Å²) >= 11 is 0. The van der Waals surface area contributed by atoms with Crippen LogP contribution in [0.1, 0.15) is 39.5 Å². The summed E-state index contributed by atoms with van der Waals surface area (Å²) < 4.78 is 0. The van der Waals surface area contributed by atoms with E-state index in [1.54, 1.807) is 0 Å². The van der Waals surface area contributed by atoms with Crippen molar-refractivity contribution in [1.29, 1.82) is 0 Å². The summed E-state index contributed by atoms with van der Waals surface area (Å²) in [6.07, 6.45) is 6.23. The molecule has 0 rings (SSSR count). The van der Waals surface area contributed by atoms with Crippen LogP contribution < -0.4 is 0 Å². The zero-order valence-corrected chi connectivity index (χ0v) is 7.71. The minimum Gasteiger partial charge on any atom is -0.393 e. The number of hydrogen-bond donors (Lipinski definition) is 1. The Morgan fingerprint density at radius 3 is 2.55 bits per heavy atom. The third-order valence-electron chi connectivity index (χ3n) is 2.19. The van der Waals surface area contributed by atoms with Crippen molar-refractivity contribution in [1.82, 2.24) is 0 Å². The van der Waals surface area contributed by atoms with Gasteiger partial charge in [-0.05, 0) is 32.1 Å². The molecule has 0 saturated carbocycles. The van der Waals surface area contributed by atoms with E-state index in [2.05, 4.69) is 13.5 Å². The van der Waals surface area contributed by atoms with Crippen molar-refractivity contribution < 1.29 is 5.11 Å². The van der Waals surface area contributed by atoms with Crippen LogP contribution in [0.15, 0.2) is 12.7 Å². The first-order valence-corrected chi connectivity index (χ1v) is 4.51. The average molecular weight is 156 g/mol. The van der Waals surface area contributed by atoms with Crippen LogP contribution in [0.5, 0.6) is 0 Å². The molecule has 0 aliphatic carbocycles. The number of hydrogen-bond acceptors (Lipinski definition) is 1. The van der Waals surface area contributed by atoms with Crippen LogP contribution in [0.25, 0.3) is 0 Å². The Kier molecular flexibility index (Phi) is 6.24. The summed E-state index contributed by atoms with van der Waals surface area (Å²) in [5.74, 6) is 0.481. The lowest BCUT2D eigenvalue weighted by molar-refractivity contribution is 0.116. The summed E-state index contributed by atoms with van der Waals surface area (Å²) in [6, 6.07) is 0. The lowest BCUT2D eigenvalue weighted by Gasteiger charge is -2.16. The highest BCUT2D eigenvalue weighted by molar-refractivity contribution is 4.69. The molecule has 0 spiro atoms. The molecule has 1 nitrogen and oxygen atoms in total. The van der Waals surface area contributed by atoms with Crippen molar-refractivity contribution in [2.45, 2.75) is 45.6 Å². The second-order valence-corrected chi connectivity index (χ2v) is 3.13. The van der Waals surface area contributed by atoms with Crippen molar-refractivity contribution in [3.63, 3.8) is 0 Å². The second kappa shape index (κ2) is 6.41. The predicted octanol–water partition coefficient (Wildman–Crippen LogP) is 2.75. The fourth-order valence-corrected chi connectivity index (χ4v) is 1.31. The van der Waals surface area contributed by atoms with Crippen molar-refractivity contribution in [3.05, 3.63) is 12.7 Å². The quantitative estimate of drug-likeness (QED) is 0.463. The molecule has 1 N–H and O–H groups in total. The first-order valence-electron chi connectivity index (χ1n) is 4.51. The van der Waals surface area contributed by atoms with Gasteiger partial charge in [0.25, 0.3) is 0 Å². The molecule has 0 saturated heterocycles. The van der Waals surface area contributed by atoms with Crippen LogP contribution in [-0.2, 0) is 0 Å². The van der Waals surface area contributed by atoms with Crippen LogP contribution in [-0.4, -0.2) is 11.2 Å². The van der Waals surface area contributed by atoms with E-state index in [4.69, 9.17) is 0 Å². The van der Waals surface area contributed by atoms with Gasteiger partial charge < -0.3 is 5.11 Å². The fourth-order valence-electron chi connectivity index (χ4n) is 1.31. The Morgan fingerprint density at radius 1 is 1.55 bits per heavy atom. The number of allylic oxidation sites excluding steroid dienone is 1. The molecule has 1 heteroatoms. The van der Waals surface area contributed by atoms with Crippen LogP contribution in [0.4, 0.5) is 0 Å². The molecule has 0 aromatic heterocycles. The number of aliphatic hydroxyl groups is 1. The highest BCUT2D eigenvalue weighted by Crippen LogP contribution is 2.16. The van der Waals surface area contributed by atoms with E-state index in [0.29, 0.717) is 5.92 Å². The molecule has 0 fully saturated rings. The van der Waals surface area contributed by atoms with Gasteiger partial charge in [-0.15, -0.1) is 6.58 Å². The Bertz CT molecular complexity index is 97.0. The first-order chi connectivity index (χ1) is 5.22. The minimum atomic E-state index is -0.148. The number of rotatable bonds is 6. The van der Waals surface area contributed by atoms with E-state index in [-0.39, 0.29) is 6.10 Å². The van der Waals surface area contributed by atoms with E-state index in [0.717, 1.165) is 25.7 Å². The zero-order valence-electron chi connectivity index (χ0n) is 7.71. The van der Waals surface area contributed by atoms with Crippen LogP contribution >= 0.6 is 0 Å². The van der Waals surface area contributed by atoms with Gasteiger partial charge in [-0.2, -0.15) is 0 Å². The smallest absolute Gasteiger partial charge is 0.0540 e. The maximum absolute atomic E-state index is 9.29.